The molecule has 122 valence electrons. The first kappa shape index (κ1) is 16.7. The van der Waals surface area contributed by atoms with Crippen LogP contribution in [0.4, 0.5) is 11.4 Å². The maximum absolute atomic E-state index is 12.2. The Bertz CT molecular complexity index is 644. The monoisotopic (exact) mass is 314 g/mol. The number of methoxy groups -OCH3 is 2. The topological polar surface area (TPSA) is 50.8 Å². The molecule has 23 heavy (non-hydrogen) atoms. The number of nitrogens with one attached hydrogen (secondary N) is 1. The second-order valence-electron chi connectivity index (χ2n) is 5.03. The lowest BCUT2D eigenvalue weighted by Crippen LogP contribution is -2.27. The van der Waals surface area contributed by atoms with Gasteiger partial charge in [0.1, 0.15) is 11.5 Å². The van der Waals surface area contributed by atoms with E-state index in [0.717, 1.165) is 22.9 Å². The molecule has 0 heterocycles. The van der Waals surface area contributed by atoms with Crippen molar-refractivity contribution in [1.29, 1.82) is 0 Å². The van der Waals surface area contributed by atoms with Crippen molar-refractivity contribution in [2.24, 2.45) is 0 Å². The van der Waals surface area contributed by atoms with Crippen LogP contribution in [0, 0.1) is 0 Å². The summed E-state index contributed by atoms with van der Waals surface area (Å²) in [6, 6.07) is 15.1. The van der Waals surface area contributed by atoms with Crippen molar-refractivity contribution in [3.63, 3.8) is 0 Å². The zero-order chi connectivity index (χ0) is 16.7. The second kappa shape index (κ2) is 8.08. The molecule has 0 bridgehead atoms. The quantitative estimate of drug-likeness (QED) is 0.853. The van der Waals surface area contributed by atoms with E-state index in [0.29, 0.717) is 13.0 Å². The molecule has 0 aromatic heterocycles. The lowest BCUT2D eigenvalue weighted by Gasteiger charge is -2.18. The minimum atomic E-state index is 0.0468. The number of carbonyl (C=O) groups excluding carboxylic acids is 1. The van der Waals surface area contributed by atoms with Gasteiger partial charge in [0, 0.05) is 31.8 Å². The highest BCUT2D eigenvalue weighted by Crippen LogP contribution is 2.28. The first-order valence-corrected chi connectivity index (χ1v) is 7.43. The molecule has 2 aromatic rings. The number of amides is 1. The van der Waals surface area contributed by atoms with Gasteiger partial charge in [-0.05, 0) is 24.3 Å². The van der Waals surface area contributed by atoms with Crippen molar-refractivity contribution >= 4 is 17.3 Å². The van der Waals surface area contributed by atoms with Crippen LogP contribution in [-0.4, -0.2) is 33.7 Å². The number of hydrogen-bond acceptors (Lipinski definition) is 4. The number of anilines is 2. The van der Waals surface area contributed by atoms with Crippen molar-refractivity contribution in [3.8, 4) is 11.5 Å². The normalized spacial score (nSPS) is 10.0. The van der Waals surface area contributed by atoms with Crippen molar-refractivity contribution in [1.82, 2.24) is 0 Å². The highest BCUT2D eigenvalue weighted by molar-refractivity contribution is 5.93. The van der Waals surface area contributed by atoms with Gasteiger partial charge in [0.05, 0.1) is 19.9 Å². The predicted octanol–water partition coefficient (Wildman–Crippen LogP) is 3.17. The van der Waals surface area contributed by atoms with Gasteiger partial charge in [0.25, 0.3) is 0 Å². The zero-order valence-corrected chi connectivity index (χ0v) is 13.7. The molecule has 0 aliphatic carbocycles. The molecule has 0 spiro atoms. The summed E-state index contributed by atoms with van der Waals surface area (Å²) in [4.78, 5) is 13.9. The van der Waals surface area contributed by atoms with E-state index >= 15 is 0 Å². The van der Waals surface area contributed by atoms with Crippen molar-refractivity contribution in [2.45, 2.75) is 6.42 Å². The highest BCUT2D eigenvalue weighted by atomic mass is 16.5. The number of carbonyl (C=O) groups is 1. The first-order chi connectivity index (χ1) is 11.2. The Balaban J connectivity index is 1.93. The van der Waals surface area contributed by atoms with E-state index in [1.54, 1.807) is 26.2 Å². The first-order valence-electron chi connectivity index (χ1n) is 7.43. The molecule has 0 saturated heterocycles. The molecule has 0 aliphatic rings. The average Bonchev–Trinajstić information content (AvgIpc) is 2.61. The molecular formula is C18H22N2O3. The van der Waals surface area contributed by atoms with Gasteiger partial charge in [-0.1, -0.05) is 18.2 Å². The summed E-state index contributed by atoms with van der Waals surface area (Å²) in [6.45, 7) is 0.513. The van der Waals surface area contributed by atoms with Crippen LogP contribution in [-0.2, 0) is 4.79 Å². The van der Waals surface area contributed by atoms with Gasteiger partial charge < -0.3 is 19.7 Å². The summed E-state index contributed by atoms with van der Waals surface area (Å²) in [6.07, 6.45) is 0.381. The molecule has 2 aromatic carbocycles. The number of hydrogen-bond donors (Lipinski definition) is 1. The number of para-hydroxylation sites is 1. The van der Waals surface area contributed by atoms with E-state index in [9.17, 15) is 4.79 Å². The van der Waals surface area contributed by atoms with Crippen LogP contribution in [0.5, 0.6) is 11.5 Å². The van der Waals surface area contributed by atoms with E-state index in [1.165, 1.54) is 0 Å². The third-order valence-corrected chi connectivity index (χ3v) is 3.58. The number of ether oxygens (including phenoxy) is 2. The van der Waals surface area contributed by atoms with Gasteiger partial charge in [0.2, 0.25) is 5.91 Å². The molecule has 1 amide bonds. The van der Waals surface area contributed by atoms with Gasteiger partial charge in [-0.25, -0.2) is 0 Å². The van der Waals surface area contributed by atoms with Crippen molar-refractivity contribution in [3.05, 3.63) is 48.5 Å². The Labute approximate surface area is 136 Å². The fourth-order valence-electron chi connectivity index (χ4n) is 2.22. The number of nitrogens with zero attached hydrogens (tertiary/aromatic N) is 1. The largest absolute Gasteiger partial charge is 0.497 e. The Kier molecular flexibility index (Phi) is 5.86. The Morgan fingerprint density at radius 3 is 2.48 bits per heavy atom. The van der Waals surface area contributed by atoms with Gasteiger partial charge in [-0.3, -0.25) is 4.79 Å². The molecule has 0 aliphatic heterocycles. The van der Waals surface area contributed by atoms with Crippen LogP contribution in [0.15, 0.2) is 48.5 Å². The highest BCUT2D eigenvalue weighted by Gasteiger charge is 2.11. The number of benzene rings is 2. The predicted molar refractivity (Wildman–Crippen MR) is 92.5 cm³/mol. The SMILES string of the molecule is COc1ccc(OC)c(NCCC(=O)N(C)c2ccccc2)c1. The van der Waals surface area contributed by atoms with E-state index in [2.05, 4.69) is 5.32 Å². The van der Waals surface area contributed by atoms with Crippen molar-refractivity contribution in [2.75, 3.05) is 38.0 Å². The maximum Gasteiger partial charge on any atom is 0.228 e. The Morgan fingerprint density at radius 2 is 1.83 bits per heavy atom. The summed E-state index contributed by atoms with van der Waals surface area (Å²) >= 11 is 0. The minimum Gasteiger partial charge on any atom is -0.497 e. The summed E-state index contributed by atoms with van der Waals surface area (Å²) in [5.74, 6) is 1.50. The lowest BCUT2D eigenvalue weighted by atomic mass is 10.2. The average molecular weight is 314 g/mol. The molecule has 5 heteroatoms. The Morgan fingerprint density at radius 1 is 1.09 bits per heavy atom. The fraction of sp³-hybridized carbons (Fsp3) is 0.278. The molecule has 0 fully saturated rings. The van der Waals surface area contributed by atoms with Crippen LogP contribution in [0.1, 0.15) is 6.42 Å². The molecule has 5 nitrogen and oxygen atoms in total. The smallest absolute Gasteiger partial charge is 0.228 e. The molecule has 2 rings (SSSR count). The molecular weight excluding hydrogens is 292 g/mol. The van der Waals surface area contributed by atoms with Crippen LogP contribution < -0.4 is 19.7 Å². The second-order valence-corrected chi connectivity index (χ2v) is 5.03. The lowest BCUT2D eigenvalue weighted by molar-refractivity contribution is -0.118. The van der Waals surface area contributed by atoms with Crippen LogP contribution in [0.2, 0.25) is 0 Å². The van der Waals surface area contributed by atoms with Gasteiger partial charge in [-0.15, -0.1) is 0 Å². The molecule has 1 N–H and O–H groups in total. The summed E-state index contributed by atoms with van der Waals surface area (Å²) in [5.41, 5.74) is 1.69. The van der Waals surface area contributed by atoms with Gasteiger partial charge in [-0.2, -0.15) is 0 Å². The summed E-state index contributed by atoms with van der Waals surface area (Å²) in [5, 5.41) is 3.22. The summed E-state index contributed by atoms with van der Waals surface area (Å²) in [7, 11) is 5.01. The van der Waals surface area contributed by atoms with E-state index in [1.807, 2.05) is 48.5 Å². The number of rotatable bonds is 7. The van der Waals surface area contributed by atoms with Gasteiger partial charge in [0.15, 0.2) is 0 Å². The maximum atomic E-state index is 12.2. The zero-order valence-electron chi connectivity index (χ0n) is 13.7. The van der Waals surface area contributed by atoms with Crippen LogP contribution in [0.25, 0.3) is 0 Å². The molecule has 0 atom stereocenters. The molecule has 0 unspecified atom stereocenters. The van der Waals surface area contributed by atoms with E-state index < -0.39 is 0 Å². The standard InChI is InChI=1S/C18H22N2O3/c1-20(14-7-5-4-6-8-14)18(21)11-12-19-16-13-15(22-2)9-10-17(16)23-3/h4-10,13,19H,11-12H2,1-3H3. The Hall–Kier alpha value is -2.69. The van der Waals surface area contributed by atoms with Crippen LogP contribution >= 0.6 is 0 Å². The third kappa shape index (κ3) is 4.39. The third-order valence-electron chi connectivity index (χ3n) is 3.58. The molecule has 0 saturated carbocycles. The van der Waals surface area contributed by atoms with Gasteiger partial charge >= 0.3 is 0 Å². The van der Waals surface area contributed by atoms with E-state index in [-0.39, 0.29) is 5.91 Å². The van der Waals surface area contributed by atoms with E-state index in [4.69, 9.17) is 9.47 Å². The molecule has 0 radical (unpaired) electrons. The van der Waals surface area contributed by atoms with Crippen molar-refractivity contribution < 1.29 is 14.3 Å². The summed E-state index contributed by atoms with van der Waals surface area (Å²) < 4.78 is 10.5. The minimum absolute atomic E-state index is 0.0468. The fourth-order valence-corrected chi connectivity index (χ4v) is 2.22. The van der Waals surface area contributed by atoms with Crippen LogP contribution in [0.3, 0.4) is 0 Å².